The summed E-state index contributed by atoms with van der Waals surface area (Å²) >= 11 is 5.28. The number of hydrogen-bond donors (Lipinski definition) is 1. The highest BCUT2D eigenvalue weighted by atomic mass is 79.9. The number of rotatable bonds is 4. The van der Waals surface area contributed by atoms with Gasteiger partial charge in [0.15, 0.2) is 0 Å². The van der Waals surface area contributed by atoms with Crippen molar-refractivity contribution in [2.75, 3.05) is 7.05 Å². The molecule has 0 amide bonds. The van der Waals surface area contributed by atoms with E-state index in [1.54, 1.807) is 11.3 Å². The first-order valence-corrected chi connectivity index (χ1v) is 7.58. The minimum Gasteiger partial charge on any atom is -0.327 e. The standard InChI is InChI=1S/C13H23BrN2S/c1-9(15)12(13(2,3)4)16(5)7-11-6-10(14)8-17-11/h6,8-9,12H,7,15H2,1-5H3. The largest absolute Gasteiger partial charge is 0.327 e. The highest BCUT2D eigenvalue weighted by Gasteiger charge is 2.31. The van der Waals surface area contributed by atoms with E-state index in [1.807, 2.05) is 0 Å². The molecule has 2 N–H and O–H groups in total. The summed E-state index contributed by atoms with van der Waals surface area (Å²) in [4.78, 5) is 3.73. The molecule has 0 fully saturated rings. The average Bonchev–Trinajstić information content (AvgIpc) is 2.46. The fraction of sp³-hybridized carbons (Fsp3) is 0.692. The second-order valence-corrected chi connectivity index (χ2v) is 7.73. The Bertz CT molecular complexity index is 355. The summed E-state index contributed by atoms with van der Waals surface area (Å²) in [6.45, 7) is 9.81. The molecule has 0 spiro atoms. The lowest BCUT2D eigenvalue weighted by molar-refractivity contribution is 0.101. The molecule has 0 radical (unpaired) electrons. The van der Waals surface area contributed by atoms with Crippen LogP contribution in [-0.2, 0) is 6.54 Å². The number of nitrogens with two attached hydrogens (primary N) is 1. The molecule has 17 heavy (non-hydrogen) atoms. The van der Waals surface area contributed by atoms with Crippen molar-refractivity contribution < 1.29 is 0 Å². The van der Waals surface area contributed by atoms with Gasteiger partial charge in [-0.15, -0.1) is 11.3 Å². The molecular formula is C13H23BrN2S. The van der Waals surface area contributed by atoms with Crippen LogP contribution in [0.4, 0.5) is 0 Å². The van der Waals surface area contributed by atoms with Crippen LogP contribution in [0, 0.1) is 5.41 Å². The lowest BCUT2D eigenvalue weighted by atomic mass is 9.82. The van der Waals surface area contributed by atoms with E-state index in [1.165, 1.54) is 9.35 Å². The van der Waals surface area contributed by atoms with E-state index in [0.29, 0.717) is 6.04 Å². The van der Waals surface area contributed by atoms with Gasteiger partial charge in [-0.25, -0.2) is 0 Å². The second kappa shape index (κ2) is 5.83. The van der Waals surface area contributed by atoms with Crippen LogP contribution in [0.5, 0.6) is 0 Å². The van der Waals surface area contributed by atoms with Gasteiger partial charge in [-0.1, -0.05) is 20.8 Å². The second-order valence-electron chi connectivity index (χ2n) is 5.82. The maximum absolute atomic E-state index is 6.14. The molecule has 1 aromatic rings. The first kappa shape index (κ1) is 15.2. The molecule has 2 atom stereocenters. The van der Waals surface area contributed by atoms with Gasteiger partial charge < -0.3 is 5.73 Å². The molecule has 1 rings (SSSR count). The van der Waals surface area contributed by atoms with Crippen molar-refractivity contribution in [3.63, 3.8) is 0 Å². The van der Waals surface area contributed by atoms with Crippen molar-refractivity contribution in [2.24, 2.45) is 11.1 Å². The third-order valence-electron chi connectivity index (χ3n) is 2.89. The lowest BCUT2D eigenvalue weighted by Crippen LogP contribution is -2.51. The average molecular weight is 319 g/mol. The van der Waals surface area contributed by atoms with Gasteiger partial charge in [0.05, 0.1) is 0 Å². The Kier molecular flexibility index (Phi) is 5.20. The van der Waals surface area contributed by atoms with Crippen LogP contribution in [0.2, 0.25) is 0 Å². The molecule has 0 saturated heterocycles. The molecule has 0 aliphatic rings. The van der Waals surface area contributed by atoms with Crippen molar-refractivity contribution >= 4 is 27.3 Å². The molecule has 0 bridgehead atoms. The molecular weight excluding hydrogens is 296 g/mol. The molecule has 0 saturated carbocycles. The first-order valence-electron chi connectivity index (χ1n) is 5.90. The van der Waals surface area contributed by atoms with Gasteiger partial charge in [-0.2, -0.15) is 0 Å². The number of nitrogens with zero attached hydrogens (tertiary/aromatic N) is 1. The summed E-state index contributed by atoms with van der Waals surface area (Å²) in [6.07, 6.45) is 0. The Morgan fingerprint density at radius 1 is 1.47 bits per heavy atom. The summed E-state index contributed by atoms with van der Waals surface area (Å²) in [5.41, 5.74) is 6.33. The van der Waals surface area contributed by atoms with Gasteiger partial charge in [0, 0.05) is 33.4 Å². The zero-order chi connectivity index (χ0) is 13.2. The summed E-state index contributed by atoms with van der Waals surface area (Å²) in [7, 11) is 2.16. The van der Waals surface area contributed by atoms with Crippen LogP contribution in [-0.4, -0.2) is 24.0 Å². The van der Waals surface area contributed by atoms with Crippen molar-refractivity contribution in [1.82, 2.24) is 4.90 Å². The van der Waals surface area contributed by atoms with Crippen molar-refractivity contribution in [3.05, 3.63) is 20.8 Å². The number of hydrogen-bond acceptors (Lipinski definition) is 3. The minimum atomic E-state index is 0.170. The van der Waals surface area contributed by atoms with Crippen molar-refractivity contribution in [3.8, 4) is 0 Å². The molecule has 98 valence electrons. The van der Waals surface area contributed by atoms with Crippen LogP contribution >= 0.6 is 27.3 Å². The lowest BCUT2D eigenvalue weighted by Gasteiger charge is -2.40. The molecule has 0 aliphatic heterocycles. The van der Waals surface area contributed by atoms with Crippen LogP contribution in [0.15, 0.2) is 15.9 Å². The van der Waals surface area contributed by atoms with Gasteiger partial charge in [-0.05, 0) is 41.4 Å². The van der Waals surface area contributed by atoms with E-state index >= 15 is 0 Å². The van der Waals surface area contributed by atoms with Gasteiger partial charge in [0.2, 0.25) is 0 Å². The number of halogens is 1. The molecule has 1 aromatic heterocycles. The van der Waals surface area contributed by atoms with E-state index in [4.69, 9.17) is 5.73 Å². The highest BCUT2D eigenvalue weighted by molar-refractivity contribution is 9.10. The van der Waals surface area contributed by atoms with Crippen LogP contribution < -0.4 is 5.73 Å². The van der Waals surface area contributed by atoms with Crippen LogP contribution in [0.1, 0.15) is 32.6 Å². The molecule has 1 heterocycles. The summed E-state index contributed by atoms with van der Waals surface area (Å²) in [5, 5.41) is 2.13. The molecule has 0 aromatic carbocycles. The minimum absolute atomic E-state index is 0.170. The van der Waals surface area contributed by atoms with E-state index in [-0.39, 0.29) is 11.5 Å². The smallest absolute Gasteiger partial charge is 0.0329 e. The molecule has 2 unspecified atom stereocenters. The van der Waals surface area contributed by atoms with Gasteiger partial charge in [0.1, 0.15) is 0 Å². The van der Waals surface area contributed by atoms with Gasteiger partial charge >= 0.3 is 0 Å². The van der Waals surface area contributed by atoms with Crippen molar-refractivity contribution in [1.29, 1.82) is 0 Å². The van der Waals surface area contributed by atoms with Crippen LogP contribution in [0.25, 0.3) is 0 Å². The Morgan fingerprint density at radius 2 is 2.06 bits per heavy atom. The van der Waals surface area contributed by atoms with Crippen molar-refractivity contribution in [2.45, 2.75) is 46.3 Å². The summed E-state index contributed by atoms with van der Waals surface area (Å²) in [5.74, 6) is 0. The molecule has 0 aliphatic carbocycles. The monoisotopic (exact) mass is 318 g/mol. The third-order valence-corrected chi connectivity index (χ3v) is 4.57. The highest BCUT2D eigenvalue weighted by Crippen LogP contribution is 2.28. The van der Waals surface area contributed by atoms with E-state index in [0.717, 1.165) is 6.54 Å². The zero-order valence-corrected chi connectivity index (χ0v) is 13.7. The molecule has 2 nitrogen and oxygen atoms in total. The van der Waals surface area contributed by atoms with Gasteiger partial charge in [0.25, 0.3) is 0 Å². The van der Waals surface area contributed by atoms with Crippen LogP contribution in [0.3, 0.4) is 0 Å². The molecule has 4 heteroatoms. The quantitative estimate of drug-likeness (QED) is 0.917. The predicted octanol–water partition coefficient (Wildman–Crippen LogP) is 3.70. The topological polar surface area (TPSA) is 29.3 Å². The normalized spacial score (nSPS) is 16.2. The van der Waals surface area contributed by atoms with E-state index in [2.05, 4.69) is 67.0 Å². The van der Waals surface area contributed by atoms with E-state index in [9.17, 15) is 0 Å². The fourth-order valence-electron chi connectivity index (χ4n) is 2.63. The Balaban J connectivity index is 2.76. The number of thiophene rings is 1. The summed E-state index contributed by atoms with van der Waals surface area (Å²) < 4.78 is 1.17. The Hall–Kier alpha value is 0.1000. The SMILES string of the molecule is CC(N)C(N(C)Cc1cc(Br)cs1)C(C)(C)C. The Morgan fingerprint density at radius 3 is 2.41 bits per heavy atom. The summed E-state index contributed by atoms with van der Waals surface area (Å²) in [6, 6.07) is 2.73. The first-order chi connectivity index (χ1) is 7.71. The fourth-order valence-corrected chi connectivity index (χ4v) is 4.15. The predicted molar refractivity (Wildman–Crippen MR) is 80.4 cm³/mol. The van der Waals surface area contributed by atoms with Gasteiger partial charge in [-0.3, -0.25) is 4.90 Å². The van der Waals surface area contributed by atoms with E-state index < -0.39 is 0 Å². The third kappa shape index (κ3) is 4.36. The maximum Gasteiger partial charge on any atom is 0.0329 e. The number of likely N-dealkylation sites (N-methyl/N-ethyl adjacent to an activating group) is 1. The maximum atomic E-state index is 6.14. The zero-order valence-electron chi connectivity index (χ0n) is 11.3. The Labute approximate surface area is 117 Å².